The molecule has 0 saturated heterocycles. The number of nitrogens with two attached hydrogens (primary N) is 1. The van der Waals surface area contributed by atoms with E-state index in [1.54, 1.807) is 19.1 Å². The molecule has 0 spiro atoms. The van der Waals surface area contributed by atoms with Crippen LogP contribution in [0.15, 0.2) is 36.4 Å². The van der Waals surface area contributed by atoms with Gasteiger partial charge in [0.05, 0.1) is 0 Å². The van der Waals surface area contributed by atoms with Gasteiger partial charge in [0.25, 0.3) is 0 Å². The molecule has 0 aliphatic carbocycles. The van der Waals surface area contributed by atoms with Crippen LogP contribution in [0.4, 0.5) is 4.39 Å². The van der Waals surface area contributed by atoms with E-state index < -0.39 is 0 Å². The summed E-state index contributed by atoms with van der Waals surface area (Å²) in [5.74, 6) is 0.200. The van der Waals surface area contributed by atoms with Gasteiger partial charge in [-0.3, -0.25) is 0 Å². The maximum atomic E-state index is 13.8. The van der Waals surface area contributed by atoms with Crippen LogP contribution in [0.25, 0.3) is 0 Å². The Kier molecular flexibility index (Phi) is 4.40. The Morgan fingerprint density at radius 2 is 1.90 bits per heavy atom. The largest absolute Gasteiger partial charge is 0.489 e. The molecule has 0 aliphatic rings. The van der Waals surface area contributed by atoms with Crippen LogP contribution in [0, 0.1) is 19.7 Å². The summed E-state index contributed by atoms with van der Waals surface area (Å²) < 4.78 is 19.5. The lowest BCUT2D eigenvalue weighted by Gasteiger charge is -2.12. The molecule has 2 aromatic rings. The zero-order valence-corrected chi connectivity index (χ0v) is 12.1. The van der Waals surface area contributed by atoms with Crippen molar-refractivity contribution in [3.8, 4) is 5.75 Å². The number of halogens is 1. The third-order valence-corrected chi connectivity index (χ3v) is 3.36. The molecule has 20 heavy (non-hydrogen) atoms. The van der Waals surface area contributed by atoms with Crippen molar-refractivity contribution in [2.75, 3.05) is 0 Å². The van der Waals surface area contributed by atoms with Crippen LogP contribution in [0.3, 0.4) is 0 Å². The van der Waals surface area contributed by atoms with Gasteiger partial charge in [0.15, 0.2) is 0 Å². The average Bonchev–Trinajstić information content (AvgIpc) is 2.39. The summed E-state index contributed by atoms with van der Waals surface area (Å²) in [6, 6.07) is 10.7. The van der Waals surface area contributed by atoms with Gasteiger partial charge in [-0.2, -0.15) is 0 Å². The van der Waals surface area contributed by atoms with Crippen molar-refractivity contribution >= 4 is 0 Å². The molecule has 0 heterocycles. The summed E-state index contributed by atoms with van der Waals surface area (Å²) in [5.41, 5.74) is 9.66. The molecule has 2 aromatic carbocycles. The topological polar surface area (TPSA) is 35.2 Å². The minimum Gasteiger partial charge on any atom is -0.489 e. The summed E-state index contributed by atoms with van der Waals surface area (Å²) in [6.45, 7) is 6.28. The van der Waals surface area contributed by atoms with E-state index in [0.29, 0.717) is 17.9 Å². The number of ether oxygens (including phenoxy) is 1. The number of hydrogen-bond donors (Lipinski definition) is 1. The van der Waals surface area contributed by atoms with Crippen molar-refractivity contribution in [3.05, 3.63) is 64.5 Å². The summed E-state index contributed by atoms with van der Waals surface area (Å²) >= 11 is 0. The first-order chi connectivity index (χ1) is 9.47. The third-order valence-electron chi connectivity index (χ3n) is 3.36. The molecule has 0 bridgehead atoms. The highest BCUT2D eigenvalue weighted by atomic mass is 19.1. The van der Waals surface area contributed by atoms with Gasteiger partial charge < -0.3 is 10.5 Å². The summed E-state index contributed by atoms with van der Waals surface area (Å²) in [6.07, 6.45) is 0. The molecule has 2 nitrogen and oxygen atoms in total. The molecule has 0 unspecified atom stereocenters. The Labute approximate surface area is 119 Å². The van der Waals surface area contributed by atoms with Crippen molar-refractivity contribution in [2.45, 2.75) is 33.4 Å². The molecule has 0 saturated carbocycles. The molecule has 1 atom stereocenters. The Balaban J connectivity index is 2.11. The third kappa shape index (κ3) is 3.36. The second-order valence-corrected chi connectivity index (χ2v) is 5.19. The van der Waals surface area contributed by atoms with Gasteiger partial charge in [0.2, 0.25) is 0 Å². The first-order valence-electron chi connectivity index (χ1n) is 6.71. The van der Waals surface area contributed by atoms with E-state index in [-0.39, 0.29) is 11.9 Å². The Bertz CT molecular complexity index is 608. The minimum absolute atomic E-state index is 0.317. The number of hydrogen-bond acceptors (Lipinski definition) is 2. The highest BCUT2D eigenvalue weighted by Gasteiger charge is 2.08. The van der Waals surface area contributed by atoms with Crippen LogP contribution in [-0.4, -0.2) is 0 Å². The molecule has 0 amide bonds. The van der Waals surface area contributed by atoms with Gasteiger partial charge >= 0.3 is 0 Å². The van der Waals surface area contributed by atoms with E-state index in [4.69, 9.17) is 10.5 Å². The molecule has 0 radical (unpaired) electrons. The second-order valence-electron chi connectivity index (χ2n) is 5.19. The lowest BCUT2D eigenvalue weighted by molar-refractivity contribution is 0.303. The van der Waals surface area contributed by atoms with E-state index in [1.165, 1.54) is 17.2 Å². The summed E-state index contributed by atoms with van der Waals surface area (Å²) in [4.78, 5) is 0. The monoisotopic (exact) mass is 273 g/mol. The second kappa shape index (κ2) is 6.06. The smallest absolute Gasteiger partial charge is 0.131 e. The van der Waals surface area contributed by atoms with Gasteiger partial charge in [-0.1, -0.05) is 29.8 Å². The van der Waals surface area contributed by atoms with E-state index in [0.717, 1.165) is 5.56 Å². The first-order valence-corrected chi connectivity index (χ1v) is 6.71. The quantitative estimate of drug-likeness (QED) is 0.912. The summed E-state index contributed by atoms with van der Waals surface area (Å²) in [7, 11) is 0. The molecule has 0 aliphatic heterocycles. The normalized spacial score (nSPS) is 12.2. The average molecular weight is 273 g/mol. The SMILES string of the molecule is Cc1ccc(C)c(COc2ccc([C@H](C)N)c(F)c2)c1. The Morgan fingerprint density at radius 3 is 2.55 bits per heavy atom. The van der Waals surface area contributed by atoms with Crippen LogP contribution in [-0.2, 0) is 6.61 Å². The minimum atomic E-state index is -0.321. The van der Waals surface area contributed by atoms with E-state index in [1.807, 2.05) is 13.8 Å². The van der Waals surface area contributed by atoms with Crippen LogP contribution < -0.4 is 10.5 Å². The van der Waals surface area contributed by atoms with Crippen LogP contribution in [0.5, 0.6) is 5.75 Å². The fourth-order valence-corrected chi connectivity index (χ4v) is 2.08. The van der Waals surface area contributed by atoms with Crippen molar-refractivity contribution in [3.63, 3.8) is 0 Å². The van der Waals surface area contributed by atoms with E-state index in [2.05, 4.69) is 18.2 Å². The Hall–Kier alpha value is -1.87. The molecule has 2 rings (SSSR count). The van der Waals surface area contributed by atoms with Crippen molar-refractivity contribution in [2.24, 2.45) is 5.73 Å². The zero-order valence-electron chi connectivity index (χ0n) is 12.1. The predicted octanol–water partition coefficient (Wildman–Crippen LogP) is 4.04. The zero-order chi connectivity index (χ0) is 14.7. The lowest BCUT2D eigenvalue weighted by atomic mass is 10.1. The molecule has 0 aromatic heterocycles. The maximum Gasteiger partial charge on any atom is 0.131 e. The first kappa shape index (κ1) is 14.5. The van der Waals surface area contributed by atoms with Gasteiger partial charge in [0, 0.05) is 17.7 Å². The molecule has 3 heteroatoms. The maximum absolute atomic E-state index is 13.8. The number of aryl methyl sites for hydroxylation is 2. The van der Waals surface area contributed by atoms with E-state index >= 15 is 0 Å². The highest BCUT2D eigenvalue weighted by Crippen LogP contribution is 2.22. The van der Waals surface area contributed by atoms with Crippen molar-refractivity contribution < 1.29 is 9.13 Å². The standard InChI is InChI=1S/C17H20FNO/c1-11-4-5-12(2)14(8-11)10-20-15-6-7-16(13(3)19)17(18)9-15/h4-9,13H,10,19H2,1-3H3/t13-/m0/s1. The lowest BCUT2D eigenvalue weighted by Crippen LogP contribution is -2.07. The van der Waals surface area contributed by atoms with E-state index in [9.17, 15) is 4.39 Å². The number of rotatable bonds is 4. The van der Waals surface area contributed by atoms with Gasteiger partial charge in [0.1, 0.15) is 18.2 Å². The summed E-state index contributed by atoms with van der Waals surface area (Å²) in [5, 5.41) is 0. The van der Waals surface area contributed by atoms with Gasteiger partial charge in [-0.15, -0.1) is 0 Å². The van der Waals surface area contributed by atoms with Crippen LogP contribution >= 0.6 is 0 Å². The molecule has 2 N–H and O–H groups in total. The molecule has 106 valence electrons. The van der Waals surface area contributed by atoms with Gasteiger partial charge in [-0.05, 0) is 38.0 Å². The highest BCUT2D eigenvalue weighted by molar-refractivity contribution is 5.33. The van der Waals surface area contributed by atoms with Crippen molar-refractivity contribution in [1.29, 1.82) is 0 Å². The van der Waals surface area contributed by atoms with Crippen molar-refractivity contribution in [1.82, 2.24) is 0 Å². The Morgan fingerprint density at radius 1 is 1.15 bits per heavy atom. The molecular weight excluding hydrogens is 253 g/mol. The molecule has 0 fully saturated rings. The number of benzene rings is 2. The van der Waals surface area contributed by atoms with Crippen LogP contribution in [0.1, 0.15) is 35.2 Å². The fourth-order valence-electron chi connectivity index (χ4n) is 2.08. The van der Waals surface area contributed by atoms with Crippen LogP contribution in [0.2, 0.25) is 0 Å². The van der Waals surface area contributed by atoms with Gasteiger partial charge in [-0.25, -0.2) is 4.39 Å². The predicted molar refractivity (Wildman–Crippen MR) is 79.3 cm³/mol. The molecular formula is C17H20FNO. The fraction of sp³-hybridized carbons (Fsp3) is 0.294.